The Morgan fingerprint density at radius 3 is 2.58 bits per heavy atom. The van der Waals surface area contributed by atoms with Gasteiger partial charge >= 0.3 is 0 Å². The second-order valence-corrected chi connectivity index (χ2v) is 6.60. The monoisotopic (exact) mass is 355 g/mol. The molecule has 0 aromatic heterocycles. The van der Waals surface area contributed by atoms with Gasteiger partial charge in [0.05, 0.1) is 5.69 Å². The van der Waals surface area contributed by atoms with Gasteiger partial charge < -0.3 is 9.64 Å². The zero-order chi connectivity index (χ0) is 18.8. The summed E-state index contributed by atoms with van der Waals surface area (Å²) in [5.41, 5.74) is 1.41. The quantitative estimate of drug-likeness (QED) is 0.597. The van der Waals surface area contributed by atoms with E-state index in [0.717, 1.165) is 5.56 Å². The standard InChI is InChI=1S/C20H21NO5/c1-3-7-21-14-8-12(5-6-18(14)26-11-19(21)25)13-9-16(23)20(15(22)4-2)17(24)10-13/h3,5-6,8,13,20H,1,4,7,9-11H2,2H3. The Balaban J connectivity index is 1.88. The van der Waals surface area contributed by atoms with Gasteiger partial charge in [-0.15, -0.1) is 6.58 Å². The van der Waals surface area contributed by atoms with E-state index < -0.39 is 5.92 Å². The van der Waals surface area contributed by atoms with Gasteiger partial charge in [0.15, 0.2) is 24.0 Å². The summed E-state index contributed by atoms with van der Waals surface area (Å²) in [6, 6.07) is 5.36. The van der Waals surface area contributed by atoms with Gasteiger partial charge in [-0.1, -0.05) is 19.1 Å². The van der Waals surface area contributed by atoms with E-state index in [4.69, 9.17) is 4.74 Å². The molecule has 1 heterocycles. The lowest BCUT2D eigenvalue weighted by atomic mass is 9.75. The van der Waals surface area contributed by atoms with Crippen molar-refractivity contribution < 1.29 is 23.9 Å². The minimum Gasteiger partial charge on any atom is -0.482 e. The second-order valence-electron chi connectivity index (χ2n) is 6.60. The molecule has 136 valence electrons. The van der Waals surface area contributed by atoms with Crippen molar-refractivity contribution in [3.8, 4) is 5.75 Å². The fraction of sp³-hybridized carbons (Fsp3) is 0.400. The van der Waals surface area contributed by atoms with Crippen LogP contribution in [0.3, 0.4) is 0 Å². The molecule has 1 fully saturated rings. The number of Topliss-reactive ketones (excluding diaryl/α,β-unsaturated/α-hetero) is 3. The number of amides is 1. The lowest BCUT2D eigenvalue weighted by molar-refractivity contribution is -0.142. The van der Waals surface area contributed by atoms with E-state index in [0.29, 0.717) is 18.0 Å². The van der Waals surface area contributed by atoms with Crippen LogP contribution in [0.1, 0.15) is 37.7 Å². The molecule has 1 aromatic rings. The van der Waals surface area contributed by atoms with Gasteiger partial charge in [0.1, 0.15) is 11.7 Å². The third kappa shape index (κ3) is 3.19. The van der Waals surface area contributed by atoms with Crippen LogP contribution in [-0.2, 0) is 19.2 Å². The van der Waals surface area contributed by atoms with E-state index in [2.05, 4.69) is 6.58 Å². The molecule has 1 aliphatic heterocycles. The Labute approximate surface area is 151 Å². The van der Waals surface area contributed by atoms with Crippen molar-refractivity contribution in [2.45, 2.75) is 32.1 Å². The van der Waals surface area contributed by atoms with Crippen molar-refractivity contribution in [3.05, 3.63) is 36.4 Å². The number of anilines is 1. The highest BCUT2D eigenvalue weighted by molar-refractivity contribution is 6.20. The number of benzene rings is 1. The fourth-order valence-corrected chi connectivity index (χ4v) is 3.57. The Morgan fingerprint density at radius 2 is 1.96 bits per heavy atom. The first-order valence-corrected chi connectivity index (χ1v) is 8.72. The predicted octanol–water partition coefficient (Wildman–Crippen LogP) is 2.21. The second kappa shape index (κ2) is 7.23. The molecule has 0 unspecified atom stereocenters. The zero-order valence-corrected chi connectivity index (χ0v) is 14.7. The van der Waals surface area contributed by atoms with Crippen LogP contribution in [0.25, 0.3) is 0 Å². The van der Waals surface area contributed by atoms with E-state index in [1.807, 2.05) is 6.07 Å². The third-order valence-corrected chi connectivity index (χ3v) is 4.92. The average molecular weight is 355 g/mol. The van der Waals surface area contributed by atoms with Crippen LogP contribution in [0, 0.1) is 5.92 Å². The maximum absolute atomic E-state index is 12.4. The molecule has 2 aliphatic rings. The zero-order valence-electron chi connectivity index (χ0n) is 14.7. The van der Waals surface area contributed by atoms with E-state index in [1.165, 1.54) is 0 Å². The first-order valence-electron chi connectivity index (χ1n) is 8.72. The van der Waals surface area contributed by atoms with Gasteiger partial charge in [0.25, 0.3) is 5.91 Å². The molecule has 1 amide bonds. The molecule has 3 rings (SSSR count). The van der Waals surface area contributed by atoms with Crippen molar-refractivity contribution in [1.29, 1.82) is 0 Å². The Kier molecular flexibility index (Phi) is 5.02. The summed E-state index contributed by atoms with van der Waals surface area (Å²) in [4.78, 5) is 50.2. The summed E-state index contributed by atoms with van der Waals surface area (Å²) < 4.78 is 5.46. The minimum absolute atomic E-state index is 0.0264. The molecule has 0 spiro atoms. The molecular weight excluding hydrogens is 334 g/mol. The third-order valence-electron chi connectivity index (χ3n) is 4.92. The van der Waals surface area contributed by atoms with Gasteiger partial charge in [-0.05, 0) is 23.6 Å². The highest BCUT2D eigenvalue weighted by Gasteiger charge is 2.40. The Hall–Kier alpha value is -2.76. The summed E-state index contributed by atoms with van der Waals surface area (Å²) in [7, 11) is 0. The van der Waals surface area contributed by atoms with E-state index in [-0.39, 0.29) is 55.0 Å². The Morgan fingerprint density at radius 1 is 1.27 bits per heavy atom. The number of rotatable bonds is 5. The largest absolute Gasteiger partial charge is 0.482 e. The van der Waals surface area contributed by atoms with Gasteiger partial charge in [0, 0.05) is 25.8 Å². The van der Waals surface area contributed by atoms with E-state index in [9.17, 15) is 19.2 Å². The molecule has 1 aromatic carbocycles. The molecule has 0 saturated heterocycles. The minimum atomic E-state index is -1.10. The van der Waals surface area contributed by atoms with Crippen molar-refractivity contribution in [2.75, 3.05) is 18.1 Å². The topological polar surface area (TPSA) is 80.8 Å². The van der Waals surface area contributed by atoms with Crippen molar-refractivity contribution in [1.82, 2.24) is 0 Å². The number of nitrogens with zero attached hydrogens (tertiary/aromatic N) is 1. The normalized spacial score (nSPS) is 22.7. The predicted molar refractivity (Wildman–Crippen MR) is 95.3 cm³/mol. The van der Waals surface area contributed by atoms with Crippen LogP contribution in [0.15, 0.2) is 30.9 Å². The average Bonchev–Trinajstić information content (AvgIpc) is 2.63. The number of carbonyl (C=O) groups is 4. The molecule has 26 heavy (non-hydrogen) atoms. The van der Waals surface area contributed by atoms with Crippen molar-refractivity contribution >= 4 is 28.9 Å². The van der Waals surface area contributed by atoms with Crippen LogP contribution in [0.4, 0.5) is 5.69 Å². The number of carbonyl (C=O) groups excluding carboxylic acids is 4. The van der Waals surface area contributed by atoms with Gasteiger partial charge in [-0.25, -0.2) is 0 Å². The first kappa shape index (κ1) is 18.0. The van der Waals surface area contributed by atoms with Crippen LogP contribution < -0.4 is 9.64 Å². The molecule has 6 heteroatoms. The van der Waals surface area contributed by atoms with Crippen LogP contribution in [0.2, 0.25) is 0 Å². The Bertz CT molecular complexity index is 779. The summed E-state index contributed by atoms with van der Waals surface area (Å²) in [6.07, 6.45) is 2.12. The molecular formula is C20H21NO5. The van der Waals surface area contributed by atoms with Gasteiger partial charge in [-0.2, -0.15) is 0 Å². The molecule has 1 saturated carbocycles. The van der Waals surface area contributed by atoms with Crippen LogP contribution in [0.5, 0.6) is 5.75 Å². The number of fused-ring (bicyclic) bond motifs is 1. The lowest BCUT2D eigenvalue weighted by Crippen LogP contribution is -2.39. The number of ketones is 3. The smallest absolute Gasteiger partial charge is 0.265 e. The molecule has 1 aliphatic carbocycles. The van der Waals surface area contributed by atoms with Gasteiger partial charge in [0.2, 0.25) is 0 Å². The number of hydrogen-bond acceptors (Lipinski definition) is 5. The molecule has 0 atom stereocenters. The highest BCUT2D eigenvalue weighted by atomic mass is 16.5. The molecule has 6 nitrogen and oxygen atoms in total. The highest BCUT2D eigenvalue weighted by Crippen LogP contribution is 2.39. The number of hydrogen-bond donors (Lipinski definition) is 0. The molecule has 0 bridgehead atoms. The summed E-state index contributed by atoms with van der Waals surface area (Å²) >= 11 is 0. The maximum Gasteiger partial charge on any atom is 0.265 e. The van der Waals surface area contributed by atoms with Crippen molar-refractivity contribution in [3.63, 3.8) is 0 Å². The van der Waals surface area contributed by atoms with E-state index >= 15 is 0 Å². The fourth-order valence-electron chi connectivity index (χ4n) is 3.57. The summed E-state index contributed by atoms with van der Waals surface area (Å²) in [6.45, 7) is 5.66. The van der Waals surface area contributed by atoms with Crippen LogP contribution in [-0.4, -0.2) is 36.4 Å². The van der Waals surface area contributed by atoms with Crippen LogP contribution >= 0.6 is 0 Å². The summed E-state index contributed by atoms with van der Waals surface area (Å²) in [5, 5.41) is 0. The lowest BCUT2D eigenvalue weighted by Gasteiger charge is -2.31. The maximum atomic E-state index is 12.4. The SMILES string of the molecule is C=CCN1C(=O)COc2ccc(C3CC(=O)C(C(=O)CC)C(=O)C3)cc21. The van der Waals surface area contributed by atoms with Crippen molar-refractivity contribution in [2.24, 2.45) is 5.92 Å². The first-order chi connectivity index (χ1) is 12.5. The molecule has 0 radical (unpaired) electrons. The van der Waals surface area contributed by atoms with Gasteiger partial charge in [-0.3, -0.25) is 19.2 Å². The van der Waals surface area contributed by atoms with E-state index in [1.54, 1.807) is 30.0 Å². The summed E-state index contributed by atoms with van der Waals surface area (Å²) in [5.74, 6) is -1.90. The molecule has 0 N–H and O–H groups in total. The number of ether oxygens (including phenoxy) is 1.